The van der Waals surface area contributed by atoms with Gasteiger partial charge in [-0.15, -0.1) is 0 Å². The smallest absolute Gasteiger partial charge is 0.231 e. The summed E-state index contributed by atoms with van der Waals surface area (Å²) in [5.41, 5.74) is 1.16. The zero-order valence-corrected chi connectivity index (χ0v) is 15.2. The second-order valence-electron chi connectivity index (χ2n) is 7.03. The van der Waals surface area contributed by atoms with Crippen LogP contribution in [0.4, 0.5) is 0 Å². The van der Waals surface area contributed by atoms with Crippen LogP contribution in [-0.4, -0.2) is 54.0 Å². The molecule has 6 heteroatoms. The summed E-state index contributed by atoms with van der Waals surface area (Å²) in [6.45, 7) is 6.95. The van der Waals surface area contributed by atoms with Crippen molar-refractivity contribution in [3.63, 3.8) is 0 Å². The monoisotopic (exact) mass is 358 g/mol. The van der Waals surface area contributed by atoms with Gasteiger partial charge in [0, 0.05) is 44.4 Å². The summed E-state index contributed by atoms with van der Waals surface area (Å²) in [5.74, 6) is 3.64. The van der Waals surface area contributed by atoms with Gasteiger partial charge in [0.05, 0.1) is 6.54 Å². The maximum Gasteiger partial charge on any atom is 0.231 e. The van der Waals surface area contributed by atoms with Crippen LogP contribution in [0.5, 0.6) is 11.5 Å². The number of ether oxygens (including phenoxy) is 2. The van der Waals surface area contributed by atoms with Crippen LogP contribution in [-0.2, 0) is 13.1 Å². The minimum Gasteiger partial charge on any atom is -0.465 e. The predicted octanol–water partition coefficient (Wildman–Crippen LogP) is 2.39. The van der Waals surface area contributed by atoms with Crippen LogP contribution < -0.4 is 9.47 Å². The van der Waals surface area contributed by atoms with Crippen molar-refractivity contribution in [3.8, 4) is 11.5 Å². The van der Waals surface area contributed by atoms with Crippen molar-refractivity contribution in [2.24, 2.45) is 0 Å². The molecular weight excluding hydrogens is 332 g/mol. The lowest BCUT2D eigenvalue weighted by atomic mass is 10.1. The molecule has 1 N–H and O–H groups in total. The Morgan fingerprint density at radius 2 is 2.04 bits per heavy atom. The Kier molecular flexibility index (Phi) is 5.15. The lowest BCUT2D eigenvalue weighted by molar-refractivity contribution is 0.0450. The number of para-hydroxylation sites is 1. The first-order chi connectivity index (χ1) is 12.7. The number of aryl methyl sites for hydroxylation is 1. The van der Waals surface area contributed by atoms with E-state index in [4.69, 9.17) is 13.9 Å². The topological polar surface area (TPSA) is 58.3 Å². The van der Waals surface area contributed by atoms with Gasteiger partial charge in [0.25, 0.3) is 0 Å². The average molecular weight is 358 g/mol. The zero-order valence-electron chi connectivity index (χ0n) is 15.2. The third-order valence-electron chi connectivity index (χ3n) is 5.18. The third kappa shape index (κ3) is 3.72. The molecule has 140 valence electrons. The molecule has 2 aliphatic heterocycles. The lowest BCUT2D eigenvalue weighted by Crippen LogP contribution is -2.52. The van der Waals surface area contributed by atoms with Gasteiger partial charge in [-0.1, -0.05) is 12.1 Å². The van der Waals surface area contributed by atoms with E-state index in [2.05, 4.69) is 15.9 Å². The summed E-state index contributed by atoms with van der Waals surface area (Å²) in [6, 6.07) is 10.4. The van der Waals surface area contributed by atoms with E-state index >= 15 is 0 Å². The molecule has 6 nitrogen and oxygen atoms in total. The van der Waals surface area contributed by atoms with Gasteiger partial charge in [-0.2, -0.15) is 0 Å². The van der Waals surface area contributed by atoms with Crippen molar-refractivity contribution < 1.29 is 19.0 Å². The molecule has 1 aromatic carbocycles. The van der Waals surface area contributed by atoms with Crippen LogP contribution in [0.25, 0.3) is 0 Å². The van der Waals surface area contributed by atoms with E-state index < -0.39 is 0 Å². The molecule has 2 aromatic rings. The van der Waals surface area contributed by atoms with Crippen LogP contribution >= 0.6 is 0 Å². The fourth-order valence-corrected chi connectivity index (χ4v) is 3.86. The molecule has 0 radical (unpaired) electrons. The second-order valence-corrected chi connectivity index (χ2v) is 7.03. The molecule has 1 atom stereocenters. The van der Waals surface area contributed by atoms with Crippen LogP contribution in [0.2, 0.25) is 0 Å². The Balaban J connectivity index is 1.42. The summed E-state index contributed by atoms with van der Waals surface area (Å²) in [5, 5.41) is 9.50. The highest BCUT2D eigenvalue weighted by molar-refractivity contribution is 5.48. The van der Waals surface area contributed by atoms with E-state index in [-0.39, 0.29) is 6.61 Å². The molecule has 1 fully saturated rings. The largest absolute Gasteiger partial charge is 0.465 e. The highest BCUT2D eigenvalue weighted by Gasteiger charge is 2.28. The molecule has 0 saturated carbocycles. The predicted molar refractivity (Wildman–Crippen MR) is 97.2 cm³/mol. The van der Waals surface area contributed by atoms with Gasteiger partial charge in [-0.25, -0.2) is 0 Å². The van der Waals surface area contributed by atoms with Crippen molar-refractivity contribution in [2.75, 3.05) is 33.0 Å². The highest BCUT2D eigenvalue weighted by atomic mass is 16.7. The van der Waals surface area contributed by atoms with Crippen LogP contribution in [0.15, 0.2) is 34.7 Å². The summed E-state index contributed by atoms with van der Waals surface area (Å²) >= 11 is 0. The van der Waals surface area contributed by atoms with Gasteiger partial charge in [0.15, 0.2) is 11.5 Å². The number of aliphatic hydroxyl groups excluding tert-OH is 1. The van der Waals surface area contributed by atoms with Gasteiger partial charge in [-0.05, 0) is 31.5 Å². The number of aliphatic hydroxyl groups is 1. The van der Waals surface area contributed by atoms with Gasteiger partial charge in [0.1, 0.15) is 11.5 Å². The van der Waals surface area contributed by atoms with Crippen LogP contribution in [0.3, 0.4) is 0 Å². The molecule has 0 amide bonds. The maximum atomic E-state index is 9.50. The van der Waals surface area contributed by atoms with E-state index in [1.807, 2.05) is 31.2 Å². The van der Waals surface area contributed by atoms with Gasteiger partial charge in [-0.3, -0.25) is 9.80 Å². The van der Waals surface area contributed by atoms with Crippen molar-refractivity contribution in [3.05, 3.63) is 47.4 Å². The molecule has 26 heavy (non-hydrogen) atoms. The van der Waals surface area contributed by atoms with E-state index in [1.165, 1.54) is 0 Å². The van der Waals surface area contributed by atoms with Crippen LogP contribution in [0, 0.1) is 6.92 Å². The van der Waals surface area contributed by atoms with Crippen molar-refractivity contribution in [1.29, 1.82) is 0 Å². The first-order valence-electron chi connectivity index (χ1n) is 9.23. The summed E-state index contributed by atoms with van der Waals surface area (Å²) in [4.78, 5) is 4.85. The number of furan rings is 1. The number of benzene rings is 1. The third-order valence-corrected chi connectivity index (χ3v) is 5.18. The van der Waals surface area contributed by atoms with E-state index in [0.29, 0.717) is 12.8 Å². The molecule has 1 aromatic heterocycles. The molecule has 4 rings (SSSR count). The molecule has 1 saturated heterocycles. The lowest BCUT2D eigenvalue weighted by Gasteiger charge is -2.41. The number of hydrogen-bond donors (Lipinski definition) is 1. The van der Waals surface area contributed by atoms with E-state index in [1.54, 1.807) is 0 Å². The molecule has 3 heterocycles. The molecule has 0 spiro atoms. The van der Waals surface area contributed by atoms with E-state index in [9.17, 15) is 5.11 Å². The molecule has 2 aliphatic rings. The van der Waals surface area contributed by atoms with Crippen molar-refractivity contribution in [1.82, 2.24) is 9.80 Å². The molecule has 0 bridgehead atoms. The second kappa shape index (κ2) is 7.70. The van der Waals surface area contributed by atoms with Crippen LogP contribution in [0.1, 0.15) is 23.5 Å². The van der Waals surface area contributed by atoms with Crippen molar-refractivity contribution >= 4 is 0 Å². The van der Waals surface area contributed by atoms with Crippen molar-refractivity contribution in [2.45, 2.75) is 32.5 Å². The first-order valence-corrected chi connectivity index (χ1v) is 9.23. The normalized spacial score (nSPS) is 20.6. The molecular formula is C20H26N2O4. The fourth-order valence-electron chi connectivity index (χ4n) is 3.86. The first kappa shape index (κ1) is 17.4. The van der Waals surface area contributed by atoms with E-state index in [0.717, 1.165) is 67.7 Å². The zero-order chi connectivity index (χ0) is 17.9. The Bertz CT molecular complexity index is 745. The minimum absolute atomic E-state index is 0.198. The summed E-state index contributed by atoms with van der Waals surface area (Å²) < 4.78 is 16.9. The fraction of sp³-hybridized carbons (Fsp3) is 0.500. The Hall–Kier alpha value is -2.02. The Labute approximate surface area is 153 Å². The minimum atomic E-state index is 0.198. The van der Waals surface area contributed by atoms with Gasteiger partial charge in [0.2, 0.25) is 6.79 Å². The number of nitrogens with zero attached hydrogens (tertiary/aromatic N) is 2. The summed E-state index contributed by atoms with van der Waals surface area (Å²) in [7, 11) is 0. The quantitative estimate of drug-likeness (QED) is 0.856. The SMILES string of the molecule is Cc1ccc(CN2CCN(Cc3cccc4c3OCO4)CC2CCO)o1. The molecule has 1 unspecified atom stereocenters. The average Bonchev–Trinajstić information content (AvgIpc) is 3.27. The number of hydrogen-bond acceptors (Lipinski definition) is 6. The highest BCUT2D eigenvalue weighted by Crippen LogP contribution is 2.36. The van der Waals surface area contributed by atoms with Gasteiger partial charge >= 0.3 is 0 Å². The molecule has 0 aliphatic carbocycles. The summed E-state index contributed by atoms with van der Waals surface area (Å²) in [6.07, 6.45) is 0.767. The number of fused-ring (bicyclic) bond motifs is 1. The maximum absolute atomic E-state index is 9.50. The van der Waals surface area contributed by atoms with Gasteiger partial charge < -0.3 is 19.0 Å². The Morgan fingerprint density at radius 1 is 1.12 bits per heavy atom. The number of piperazine rings is 1. The number of rotatable bonds is 6. The Morgan fingerprint density at radius 3 is 2.85 bits per heavy atom. The standard InChI is InChI=1S/C20H26N2O4/c1-15-5-6-18(26-15)13-22-9-8-21(12-17(22)7-10-23)11-16-3-2-4-19-20(16)25-14-24-19/h2-6,17,23H,7-14H2,1H3.